The number of nitriles is 1. The van der Waals surface area contributed by atoms with Crippen LogP contribution in [0.15, 0.2) is 6.20 Å². The van der Waals surface area contributed by atoms with E-state index in [-0.39, 0.29) is 16.8 Å². The van der Waals surface area contributed by atoms with Crippen LogP contribution in [0.4, 0.5) is 5.69 Å². The van der Waals surface area contributed by atoms with Crippen LogP contribution in [0.1, 0.15) is 43.6 Å². The summed E-state index contributed by atoms with van der Waals surface area (Å²) in [4.78, 5) is 10.7. The lowest BCUT2D eigenvalue weighted by molar-refractivity contribution is 0.0690. The molecule has 0 spiro atoms. The number of rotatable bonds is 6. The van der Waals surface area contributed by atoms with Crippen LogP contribution < -0.4 is 5.73 Å². The smallest absolute Gasteiger partial charge is 0.358 e. The fourth-order valence-corrected chi connectivity index (χ4v) is 1.61. The molecule has 18 heavy (non-hydrogen) atoms. The molecule has 0 aliphatic rings. The van der Waals surface area contributed by atoms with Crippen LogP contribution in [0.2, 0.25) is 0 Å². The third kappa shape index (κ3) is 3.77. The predicted molar refractivity (Wildman–Crippen MR) is 66.8 cm³/mol. The average molecular weight is 250 g/mol. The molecule has 3 N–H and O–H groups in total. The zero-order valence-electron chi connectivity index (χ0n) is 10.7. The van der Waals surface area contributed by atoms with Gasteiger partial charge in [0.1, 0.15) is 0 Å². The van der Waals surface area contributed by atoms with E-state index >= 15 is 0 Å². The number of carbonyl (C=O) groups is 1. The standard InChI is InChI=1S/C12H18N4O2/c1-12(2,8-13)5-3-4-6-16-7-9(14)10(15-16)11(17)18/h7H,3-6,14H2,1-2H3,(H,17,18). The Morgan fingerprint density at radius 3 is 2.78 bits per heavy atom. The molecule has 0 fully saturated rings. The van der Waals surface area contributed by atoms with Gasteiger partial charge in [-0.05, 0) is 26.7 Å². The normalized spacial score (nSPS) is 11.2. The number of aromatic nitrogens is 2. The van der Waals surface area contributed by atoms with Gasteiger partial charge in [-0.25, -0.2) is 4.79 Å². The van der Waals surface area contributed by atoms with Gasteiger partial charge in [0, 0.05) is 12.7 Å². The topological polar surface area (TPSA) is 105 Å². The highest BCUT2D eigenvalue weighted by molar-refractivity contribution is 5.91. The lowest BCUT2D eigenvalue weighted by Crippen LogP contribution is -2.08. The van der Waals surface area contributed by atoms with E-state index in [1.807, 2.05) is 13.8 Å². The molecule has 0 saturated carbocycles. The number of hydrogen-bond donors (Lipinski definition) is 2. The number of unbranched alkanes of at least 4 members (excludes halogenated alkanes) is 1. The van der Waals surface area contributed by atoms with Gasteiger partial charge in [0.25, 0.3) is 0 Å². The van der Waals surface area contributed by atoms with Crippen molar-refractivity contribution in [1.29, 1.82) is 5.26 Å². The van der Waals surface area contributed by atoms with E-state index in [1.54, 1.807) is 0 Å². The van der Waals surface area contributed by atoms with E-state index in [2.05, 4.69) is 11.2 Å². The Hall–Kier alpha value is -2.03. The van der Waals surface area contributed by atoms with E-state index in [4.69, 9.17) is 16.1 Å². The maximum atomic E-state index is 10.7. The molecule has 0 atom stereocenters. The molecule has 0 saturated heterocycles. The summed E-state index contributed by atoms with van der Waals surface area (Å²) in [7, 11) is 0. The van der Waals surface area contributed by atoms with E-state index in [9.17, 15) is 4.79 Å². The summed E-state index contributed by atoms with van der Waals surface area (Å²) in [5.74, 6) is -1.11. The number of anilines is 1. The number of carboxylic acid groups (broad SMARTS) is 1. The van der Waals surface area contributed by atoms with Crippen LogP contribution in [0.25, 0.3) is 0 Å². The fraction of sp³-hybridized carbons (Fsp3) is 0.583. The molecule has 0 radical (unpaired) electrons. The van der Waals surface area contributed by atoms with Crippen molar-refractivity contribution in [1.82, 2.24) is 9.78 Å². The molecule has 1 aromatic heterocycles. The number of hydrogen-bond acceptors (Lipinski definition) is 4. The second-order valence-electron chi connectivity index (χ2n) is 4.95. The van der Waals surface area contributed by atoms with Crippen molar-refractivity contribution in [2.24, 2.45) is 5.41 Å². The second kappa shape index (κ2) is 5.54. The van der Waals surface area contributed by atoms with Gasteiger partial charge in [-0.1, -0.05) is 6.42 Å². The Morgan fingerprint density at radius 1 is 1.61 bits per heavy atom. The third-order valence-electron chi connectivity index (χ3n) is 2.73. The van der Waals surface area contributed by atoms with Crippen LogP contribution in [-0.2, 0) is 6.54 Å². The van der Waals surface area contributed by atoms with Crippen molar-refractivity contribution in [3.8, 4) is 6.07 Å². The number of aryl methyl sites for hydroxylation is 1. The minimum Gasteiger partial charge on any atom is -0.476 e. The minimum atomic E-state index is -1.11. The highest BCUT2D eigenvalue weighted by Gasteiger charge is 2.16. The number of aromatic carboxylic acids is 1. The van der Waals surface area contributed by atoms with Crippen LogP contribution in [-0.4, -0.2) is 20.9 Å². The monoisotopic (exact) mass is 250 g/mol. The van der Waals surface area contributed by atoms with Crippen LogP contribution in [0.5, 0.6) is 0 Å². The van der Waals surface area contributed by atoms with E-state index in [0.29, 0.717) is 6.54 Å². The van der Waals surface area contributed by atoms with Crippen molar-refractivity contribution < 1.29 is 9.90 Å². The average Bonchev–Trinajstić information content (AvgIpc) is 2.66. The van der Waals surface area contributed by atoms with Crippen LogP contribution in [0, 0.1) is 16.7 Å². The lowest BCUT2D eigenvalue weighted by atomic mass is 9.89. The summed E-state index contributed by atoms with van der Waals surface area (Å²) in [6, 6.07) is 2.25. The largest absolute Gasteiger partial charge is 0.476 e. The van der Waals surface area contributed by atoms with Crippen molar-refractivity contribution in [3.63, 3.8) is 0 Å². The quantitative estimate of drug-likeness (QED) is 0.750. The minimum absolute atomic E-state index is 0.104. The van der Waals surface area contributed by atoms with Crippen molar-refractivity contribution >= 4 is 11.7 Å². The van der Waals surface area contributed by atoms with Gasteiger partial charge >= 0.3 is 5.97 Å². The summed E-state index contributed by atoms with van der Waals surface area (Å²) in [5, 5.41) is 21.5. The highest BCUT2D eigenvalue weighted by atomic mass is 16.4. The molecule has 0 aliphatic heterocycles. The predicted octanol–water partition coefficient (Wildman–Crippen LogP) is 1.88. The Morgan fingerprint density at radius 2 is 2.28 bits per heavy atom. The number of carboxylic acids is 1. The van der Waals surface area contributed by atoms with Gasteiger partial charge < -0.3 is 10.8 Å². The zero-order valence-corrected chi connectivity index (χ0v) is 10.7. The SMILES string of the molecule is CC(C)(C#N)CCCCn1cc(N)c(C(=O)O)n1. The summed E-state index contributed by atoms with van der Waals surface area (Å²) in [6.07, 6.45) is 4.07. The van der Waals surface area contributed by atoms with E-state index in [0.717, 1.165) is 19.3 Å². The third-order valence-corrected chi connectivity index (χ3v) is 2.73. The molecular formula is C12H18N4O2. The zero-order chi connectivity index (χ0) is 13.8. The first-order chi connectivity index (χ1) is 8.35. The number of nitrogens with two attached hydrogens (primary N) is 1. The first-order valence-electron chi connectivity index (χ1n) is 5.83. The molecule has 98 valence electrons. The maximum absolute atomic E-state index is 10.7. The molecule has 0 bridgehead atoms. The lowest BCUT2D eigenvalue weighted by Gasteiger charge is -2.14. The summed E-state index contributed by atoms with van der Waals surface area (Å²) in [6.45, 7) is 4.42. The molecule has 0 aliphatic carbocycles. The number of nitrogens with zero attached hydrogens (tertiary/aromatic N) is 3. The van der Waals surface area contributed by atoms with Gasteiger partial charge in [0.2, 0.25) is 0 Å². The molecule has 6 nitrogen and oxygen atoms in total. The van der Waals surface area contributed by atoms with Crippen molar-refractivity contribution in [2.45, 2.75) is 39.7 Å². The van der Waals surface area contributed by atoms with Gasteiger partial charge in [0.05, 0.1) is 17.2 Å². The molecule has 0 amide bonds. The molecular weight excluding hydrogens is 232 g/mol. The molecule has 0 unspecified atom stereocenters. The summed E-state index contributed by atoms with van der Waals surface area (Å²) < 4.78 is 1.54. The Balaban J connectivity index is 2.44. The fourth-order valence-electron chi connectivity index (χ4n) is 1.61. The molecule has 1 heterocycles. The Bertz CT molecular complexity index is 471. The second-order valence-corrected chi connectivity index (χ2v) is 4.95. The van der Waals surface area contributed by atoms with E-state index < -0.39 is 5.97 Å². The van der Waals surface area contributed by atoms with Crippen molar-refractivity contribution in [3.05, 3.63) is 11.9 Å². The summed E-state index contributed by atoms with van der Waals surface area (Å²) >= 11 is 0. The molecule has 6 heteroatoms. The first-order valence-corrected chi connectivity index (χ1v) is 5.83. The number of nitrogen functional groups attached to an aromatic ring is 1. The summed E-state index contributed by atoms with van der Waals surface area (Å²) in [5.41, 5.74) is 5.30. The highest BCUT2D eigenvalue weighted by Crippen LogP contribution is 2.21. The van der Waals surface area contributed by atoms with Gasteiger partial charge in [0.15, 0.2) is 5.69 Å². The van der Waals surface area contributed by atoms with Crippen LogP contribution in [0.3, 0.4) is 0 Å². The van der Waals surface area contributed by atoms with Gasteiger partial charge in [-0.2, -0.15) is 10.4 Å². The molecule has 1 rings (SSSR count). The molecule has 0 aromatic carbocycles. The maximum Gasteiger partial charge on any atom is 0.358 e. The first kappa shape index (κ1) is 14.0. The molecule has 1 aromatic rings. The van der Waals surface area contributed by atoms with Gasteiger partial charge in [-0.3, -0.25) is 4.68 Å². The Kier molecular flexibility index (Phi) is 4.32. The van der Waals surface area contributed by atoms with Gasteiger partial charge in [-0.15, -0.1) is 0 Å². The van der Waals surface area contributed by atoms with Crippen molar-refractivity contribution in [2.75, 3.05) is 5.73 Å². The Labute approximate surface area is 106 Å². The van der Waals surface area contributed by atoms with Crippen LogP contribution >= 0.6 is 0 Å². The van der Waals surface area contributed by atoms with E-state index in [1.165, 1.54) is 10.9 Å².